The molecule has 1 unspecified atom stereocenters. The first kappa shape index (κ1) is 20.7. The number of esters is 1. The predicted octanol–water partition coefficient (Wildman–Crippen LogP) is 3.69. The Morgan fingerprint density at radius 1 is 1.00 bits per heavy atom. The SMILES string of the molecule is C[C@]12CC[C@H](OC(=O)C3CCNCC3)CC1C(=O)C[C@@H]1[C@@H]2CC[C@]2(C)C(=O)CC[C@@H]12. The van der Waals surface area contributed by atoms with Gasteiger partial charge in [0, 0.05) is 24.2 Å². The molecule has 5 nitrogen and oxygen atoms in total. The fraction of sp³-hybridized carbons (Fsp3) is 0.880. The Hall–Kier alpha value is -1.23. The van der Waals surface area contributed by atoms with Crippen molar-refractivity contribution in [3.63, 3.8) is 0 Å². The maximum atomic E-state index is 13.4. The van der Waals surface area contributed by atoms with Crippen LogP contribution in [0, 0.1) is 40.4 Å². The maximum absolute atomic E-state index is 13.4. The molecule has 0 bridgehead atoms. The highest BCUT2D eigenvalue weighted by Gasteiger charge is 2.62. The summed E-state index contributed by atoms with van der Waals surface area (Å²) in [6, 6.07) is 0. The number of carbonyl (C=O) groups excluding carboxylic acids is 3. The van der Waals surface area contributed by atoms with Gasteiger partial charge in [0.1, 0.15) is 17.7 Å². The van der Waals surface area contributed by atoms with Gasteiger partial charge in [0.15, 0.2) is 0 Å². The zero-order chi connectivity index (χ0) is 21.1. The van der Waals surface area contributed by atoms with Gasteiger partial charge >= 0.3 is 5.97 Å². The summed E-state index contributed by atoms with van der Waals surface area (Å²) in [5.41, 5.74) is -0.184. The molecule has 30 heavy (non-hydrogen) atoms. The molecule has 0 radical (unpaired) electrons. The van der Waals surface area contributed by atoms with E-state index in [9.17, 15) is 14.4 Å². The minimum absolute atomic E-state index is 0.00460. The monoisotopic (exact) mass is 415 g/mol. The maximum Gasteiger partial charge on any atom is 0.309 e. The fourth-order valence-electron chi connectivity index (χ4n) is 8.20. The van der Waals surface area contributed by atoms with Crippen molar-refractivity contribution < 1.29 is 19.1 Å². The first-order valence-electron chi connectivity index (χ1n) is 12.3. The molecule has 5 fully saturated rings. The van der Waals surface area contributed by atoms with Crippen LogP contribution in [0.2, 0.25) is 0 Å². The van der Waals surface area contributed by atoms with E-state index in [-0.39, 0.29) is 34.7 Å². The lowest BCUT2D eigenvalue weighted by molar-refractivity contribution is -0.172. The fourth-order valence-corrected chi connectivity index (χ4v) is 8.20. The van der Waals surface area contributed by atoms with Crippen molar-refractivity contribution in [3.05, 3.63) is 0 Å². The molecule has 5 aliphatic rings. The van der Waals surface area contributed by atoms with Crippen LogP contribution < -0.4 is 5.32 Å². The number of hydrogen-bond acceptors (Lipinski definition) is 5. The van der Waals surface area contributed by atoms with Gasteiger partial charge in [-0.25, -0.2) is 0 Å². The summed E-state index contributed by atoms with van der Waals surface area (Å²) in [5.74, 6) is 2.07. The zero-order valence-corrected chi connectivity index (χ0v) is 18.6. The van der Waals surface area contributed by atoms with Crippen molar-refractivity contribution in [1.29, 1.82) is 0 Å². The number of hydrogen-bond donors (Lipinski definition) is 1. The van der Waals surface area contributed by atoms with Crippen LogP contribution in [0.5, 0.6) is 0 Å². The highest BCUT2D eigenvalue weighted by atomic mass is 16.5. The third-order valence-electron chi connectivity index (χ3n) is 10.1. The summed E-state index contributed by atoms with van der Waals surface area (Å²) in [6.07, 6.45) is 8.52. The van der Waals surface area contributed by atoms with Crippen molar-refractivity contribution in [1.82, 2.24) is 5.32 Å². The second-order valence-electron chi connectivity index (χ2n) is 11.4. The molecule has 0 amide bonds. The second kappa shape index (κ2) is 7.43. The smallest absolute Gasteiger partial charge is 0.309 e. The number of Topliss-reactive ketones (excluding diaryl/α,β-unsaturated/α-hetero) is 2. The van der Waals surface area contributed by atoms with Gasteiger partial charge in [0.25, 0.3) is 0 Å². The highest BCUT2D eigenvalue weighted by molar-refractivity contribution is 5.88. The van der Waals surface area contributed by atoms with E-state index >= 15 is 0 Å². The number of carbonyl (C=O) groups is 3. The lowest BCUT2D eigenvalue weighted by Gasteiger charge is -2.59. The molecule has 4 aliphatic carbocycles. The summed E-state index contributed by atoms with van der Waals surface area (Å²) in [7, 11) is 0. The van der Waals surface area contributed by atoms with Gasteiger partial charge in [0.2, 0.25) is 0 Å². The summed E-state index contributed by atoms with van der Waals surface area (Å²) in [4.78, 5) is 38.6. The number of ether oxygens (including phenoxy) is 1. The molecule has 166 valence electrons. The summed E-state index contributed by atoms with van der Waals surface area (Å²) < 4.78 is 5.95. The van der Waals surface area contributed by atoms with Gasteiger partial charge in [-0.3, -0.25) is 14.4 Å². The van der Waals surface area contributed by atoms with E-state index in [4.69, 9.17) is 4.74 Å². The Morgan fingerprint density at radius 2 is 1.77 bits per heavy atom. The third-order valence-corrected chi connectivity index (χ3v) is 10.1. The molecule has 4 saturated carbocycles. The Kier molecular flexibility index (Phi) is 5.11. The van der Waals surface area contributed by atoms with Crippen LogP contribution in [-0.4, -0.2) is 36.7 Å². The molecular weight excluding hydrogens is 378 g/mol. The minimum atomic E-state index is -0.188. The molecule has 0 aromatic carbocycles. The van der Waals surface area contributed by atoms with E-state index < -0.39 is 0 Å². The molecule has 0 spiro atoms. The number of piperidine rings is 1. The molecule has 1 aliphatic heterocycles. The normalized spacial score (nSPS) is 46.7. The number of ketones is 2. The van der Waals surface area contributed by atoms with Crippen molar-refractivity contribution in [2.45, 2.75) is 84.2 Å². The quantitative estimate of drug-likeness (QED) is 0.697. The van der Waals surface area contributed by atoms with Crippen LogP contribution in [-0.2, 0) is 19.1 Å². The highest BCUT2D eigenvalue weighted by Crippen LogP contribution is 2.64. The van der Waals surface area contributed by atoms with E-state index in [1.807, 2.05) is 0 Å². The van der Waals surface area contributed by atoms with Gasteiger partial charge < -0.3 is 10.1 Å². The van der Waals surface area contributed by atoms with Crippen LogP contribution >= 0.6 is 0 Å². The van der Waals surface area contributed by atoms with E-state index in [0.29, 0.717) is 48.6 Å². The number of nitrogens with one attached hydrogen (secondary N) is 1. The molecule has 7 atom stereocenters. The van der Waals surface area contributed by atoms with Crippen LogP contribution in [0.15, 0.2) is 0 Å². The van der Waals surface area contributed by atoms with Crippen LogP contribution in [0.3, 0.4) is 0 Å². The van der Waals surface area contributed by atoms with E-state index in [0.717, 1.165) is 58.0 Å². The summed E-state index contributed by atoms with van der Waals surface area (Å²) in [5, 5.41) is 3.30. The van der Waals surface area contributed by atoms with Gasteiger partial charge in [-0.1, -0.05) is 13.8 Å². The Labute approximate surface area is 180 Å². The minimum Gasteiger partial charge on any atom is -0.462 e. The van der Waals surface area contributed by atoms with Crippen molar-refractivity contribution >= 4 is 17.5 Å². The molecule has 0 aromatic heterocycles. The molecule has 1 heterocycles. The Balaban J connectivity index is 1.30. The van der Waals surface area contributed by atoms with Crippen molar-refractivity contribution in [2.75, 3.05) is 13.1 Å². The van der Waals surface area contributed by atoms with Gasteiger partial charge in [-0.05, 0) is 87.6 Å². The van der Waals surface area contributed by atoms with Gasteiger partial charge in [-0.15, -0.1) is 0 Å². The average Bonchev–Trinajstić information content (AvgIpc) is 3.04. The van der Waals surface area contributed by atoms with E-state index in [2.05, 4.69) is 19.2 Å². The molecule has 0 aromatic rings. The van der Waals surface area contributed by atoms with Crippen molar-refractivity contribution in [3.8, 4) is 0 Å². The van der Waals surface area contributed by atoms with Gasteiger partial charge in [-0.2, -0.15) is 0 Å². The molecule has 1 N–H and O–H groups in total. The lowest BCUT2D eigenvalue weighted by Crippen LogP contribution is -2.57. The summed E-state index contributed by atoms with van der Waals surface area (Å²) in [6.45, 7) is 6.26. The Bertz CT molecular complexity index is 743. The largest absolute Gasteiger partial charge is 0.462 e. The predicted molar refractivity (Wildman–Crippen MR) is 113 cm³/mol. The summed E-state index contributed by atoms with van der Waals surface area (Å²) >= 11 is 0. The van der Waals surface area contributed by atoms with E-state index in [1.165, 1.54) is 0 Å². The van der Waals surface area contributed by atoms with Crippen molar-refractivity contribution in [2.24, 2.45) is 40.4 Å². The third kappa shape index (κ3) is 3.10. The molecule has 5 rings (SSSR count). The van der Waals surface area contributed by atoms with Crippen LogP contribution in [0.25, 0.3) is 0 Å². The second-order valence-corrected chi connectivity index (χ2v) is 11.4. The molecule has 5 heteroatoms. The topological polar surface area (TPSA) is 72.5 Å². The lowest BCUT2D eigenvalue weighted by atomic mass is 9.45. The standard InChI is InChI=1S/C25H37NO4/c1-24-9-5-16(30-23(29)15-7-11-26-12-8-15)13-20(24)21(27)14-17-18-3-4-22(28)25(18,2)10-6-19(17)24/h15-20,26H,3-14H2,1-2H3/t16-,17-,18-,19-,20?,24+,25-/m0/s1. The number of fused-ring (bicyclic) bond motifs is 5. The first-order valence-corrected chi connectivity index (χ1v) is 12.3. The zero-order valence-electron chi connectivity index (χ0n) is 18.6. The van der Waals surface area contributed by atoms with E-state index in [1.54, 1.807) is 0 Å². The average molecular weight is 416 g/mol. The Morgan fingerprint density at radius 3 is 2.53 bits per heavy atom. The first-order chi connectivity index (χ1) is 14.3. The van der Waals surface area contributed by atoms with Gasteiger partial charge in [0.05, 0.1) is 5.92 Å². The molecular formula is C25H37NO4. The van der Waals surface area contributed by atoms with Crippen LogP contribution in [0.1, 0.15) is 78.1 Å². The number of rotatable bonds is 2. The van der Waals surface area contributed by atoms with Crippen LogP contribution in [0.4, 0.5) is 0 Å². The molecule has 1 saturated heterocycles.